The molecule has 2 aliphatic rings. The molecule has 2 aromatic carbocycles. The lowest BCUT2D eigenvalue weighted by Crippen LogP contribution is -2.50. The summed E-state index contributed by atoms with van der Waals surface area (Å²) in [6.45, 7) is 2.37. The van der Waals surface area contributed by atoms with E-state index in [4.69, 9.17) is 0 Å². The van der Waals surface area contributed by atoms with Crippen molar-refractivity contribution >= 4 is 17.5 Å². The van der Waals surface area contributed by atoms with Crippen molar-refractivity contribution < 1.29 is 14.0 Å². The standard InChI is InChI=1S/C22H24FN3O2/c1-24-11-12-25(15-20(24)16-7-9-18(23)10-8-16)22(28)17-13-21(27)26(14-17)19-5-3-2-4-6-19/h2-10,17,20H,11-15H2,1H3. The zero-order chi connectivity index (χ0) is 19.7. The number of rotatable bonds is 3. The van der Waals surface area contributed by atoms with Crippen LogP contribution >= 0.6 is 0 Å². The maximum atomic E-state index is 13.3. The lowest BCUT2D eigenvalue weighted by Gasteiger charge is -2.40. The van der Waals surface area contributed by atoms with Gasteiger partial charge in [-0.1, -0.05) is 30.3 Å². The third-order valence-electron chi connectivity index (χ3n) is 5.76. The summed E-state index contributed by atoms with van der Waals surface area (Å²) in [4.78, 5) is 31.3. The highest BCUT2D eigenvalue weighted by molar-refractivity contribution is 6.00. The van der Waals surface area contributed by atoms with Crippen LogP contribution in [0.1, 0.15) is 18.0 Å². The first-order valence-electron chi connectivity index (χ1n) is 9.63. The summed E-state index contributed by atoms with van der Waals surface area (Å²) in [5.41, 5.74) is 1.83. The molecule has 0 saturated carbocycles. The van der Waals surface area contributed by atoms with Crippen molar-refractivity contribution in [3.05, 3.63) is 66.0 Å². The Hall–Kier alpha value is -2.73. The summed E-state index contributed by atoms with van der Waals surface area (Å²) in [7, 11) is 2.02. The number of carbonyl (C=O) groups is 2. The Bertz CT molecular complexity index is 856. The van der Waals surface area contributed by atoms with Crippen LogP contribution in [-0.4, -0.2) is 54.8 Å². The number of benzene rings is 2. The number of amides is 2. The van der Waals surface area contributed by atoms with E-state index in [0.29, 0.717) is 19.6 Å². The molecule has 0 N–H and O–H groups in total. The molecule has 2 saturated heterocycles. The van der Waals surface area contributed by atoms with Crippen molar-refractivity contribution in [2.24, 2.45) is 5.92 Å². The van der Waals surface area contributed by atoms with Crippen LogP contribution in [0.15, 0.2) is 54.6 Å². The minimum Gasteiger partial charge on any atom is -0.339 e. The molecule has 2 fully saturated rings. The number of piperazine rings is 1. The maximum Gasteiger partial charge on any atom is 0.228 e. The molecule has 4 rings (SSSR count). The van der Waals surface area contributed by atoms with Crippen LogP contribution in [-0.2, 0) is 9.59 Å². The van der Waals surface area contributed by atoms with Gasteiger partial charge in [0.05, 0.1) is 12.0 Å². The molecule has 5 nitrogen and oxygen atoms in total. The summed E-state index contributed by atoms with van der Waals surface area (Å²) < 4.78 is 13.3. The second-order valence-corrected chi connectivity index (χ2v) is 7.57. The van der Waals surface area contributed by atoms with E-state index >= 15 is 0 Å². The van der Waals surface area contributed by atoms with Crippen LogP contribution in [0.25, 0.3) is 0 Å². The van der Waals surface area contributed by atoms with Gasteiger partial charge in [-0.05, 0) is 36.9 Å². The molecular formula is C22H24FN3O2. The van der Waals surface area contributed by atoms with Crippen LogP contribution in [0.4, 0.5) is 10.1 Å². The molecule has 0 aliphatic carbocycles. The molecule has 2 heterocycles. The first kappa shape index (κ1) is 18.6. The molecule has 0 spiro atoms. The fourth-order valence-electron chi connectivity index (χ4n) is 4.11. The molecule has 2 atom stereocenters. The van der Waals surface area contributed by atoms with E-state index in [1.165, 1.54) is 12.1 Å². The second kappa shape index (κ2) is 7.72. The number of para-hydroxylation sites is 1. The quantitative estimate of drug-likeness (QED) is 0.821. The number of hydrogen-bond acceptors (Lipinski definition) is 3. The lowest BCUT2D eigenvalue weighted by atomic mass is 10.0. The molecular weight excluding hydrogens is 357 g/mol. The zero-order valence-electron chi connectivity index (χ0n) is 15.9. The monoisotopic (exact) mass is 381 g/mol. The fraction of sp³-hybridized carbons (Fsp3) is 0.364. The van der Waals surface area contributed by atoms with Gasteiger partial charge in [-0.3, -0.25) is 14.5 Å². The Morgan fingerprint density at radius 3 is 2.43 bits per heavy atom. The van der Waals surface area contributed by atoms with Crippen LogP contribution in [0, 0.1) is 11.7 Å². The smallest absolute Gasteiger partial charge is 0.228 e. The topological polar surface area (TPSA) is 43.9 Å². The summed E-state index contributed by atoms with van der Waals surface area (Å²) in [5, 5.41) is 0. The largest absolute Gasteiger partial charge is 0.339 e. The Morgan fingerprint density at radius 2 is 1.71 bits per heavy atom. The van der Waals surface area contributed by atoms with Gasteiger partial charge in [0.25, 0.3) is 0 Å². The summed E-state index contributed by atoms with van der Waals surface area (Å²) >= 11 is 0. The second-order valence-electron chi connectivity index (χ2n) is 7.57. The molecule has 0 radical (unpaired) electrons. The van der Waals surface area contributed by atoms with Crippen molar-refractivity contribution in [2.75, 3.05) is 38.1 Å². The maximum absolute atomic E-state index is 13.3. The van der Waals surface area contributed by atoms with E-state index in [1.54, 1.807) is 17.0 Å². The average Bonchev–Trinajstić information content (AvgIpc) is 3.11. The summed E-state index contributed by atoms with van der Waals surface area (Å²) in [5.74, 6) is -0.550. The third kappa shape index (κ3) is 3.64. The van der Waals surface area contributed by atoms with Crippen LogP contribution in [0.5, 0.6) is 0 Å². The van der Waals surface area contributed by atoms with Gasteiger partial charge in [-0.15, -0.1) is 0 Å². The van der Waals surface area contributed by atoms with E-state index < -0.39 is 0 Å². The van der Waals surface area contributed by atoms with Gasteiger partial charge >= 0.3 is 0 Å². The molecule has 2 aliphatic heterocycles. The van der Waals surface area contributed by atoms with E-state index in [1.807, 2.05) is 42.3 Å². The molecule has 2 aromatic rings. The molecule has 28 heavy (non-hydrogen) atoms. The SMILES string of the molecule is CN1CCN(C(=O)C2CC(=O)N(c3ccccc3)C2)CC1c1ccc(F)cc1. The van der Waals surface area contributed by atoms with Gasteiger partial charge in [0.15, 0.2) is 0 Å². The van der Waals surface area contributed by atoms with Gasteiger partial charge in [0.2, 0.25) is 11.8 Å². The predicted octanol–water partition coefficient (Wildman–Crippen LogP) is 2.69. The number of nitrogens with zero attached hydrogens (tertiary/aromatic N) is 3. The summed E-state index contributed by atoms with van der Waals surface area (Å²) in [6, 6.07) is 16.0. The van der Waals surface area contributed by atoms with Crippen molar-refractivity contribution in [1.29, 1.82) is 0 Å². The summed E-state index contributed by atoms with van der Waals surface area (Å²) in [6.07, 6.45) is 0.251. The van der Waals surface area contributed by atoms with Gasteiger partial charge in [0.1, 0.15) is 5.82 Å². The minimum atomic E-state index is -0.315. The predicted molar refractivity (Wildman–Crippen MR) is 105 cm³/mol. The van der Waals surface area contributed by atoms with Gasteiger partial charge in [-0.25, -0.2) is 4.39 Å². The Balaban J connectivity index is 1.46. The van der Waals surface area contributed by atoms with E-state index in [2.05, 4.69) is 4.90 Å². The highest BCUT2D eigenvalue weighted by atomic mass is 19.1. The van der Waals surface area contributed by atoms with Crippen molar-refractivity contribution in [3.63, 3.8) is 0 Å². The Labute approximate surface area is 164 Å². The molecule has 0 bridgehead atoms. The number of anilines is 1. The average molecular weight is 381 g/mol. The molecule has 0 aromatic heterocycles. The van der Waals surface area contributed by atoms with E-state index in [9.17, 15) is 14.0 Å². The van der Waals surface area contributed by atoms with Crippen molar-refractivity contribution in [2.45, 2.75) is 12.5 Å². The highest BCUT2D eigenvalue weighted by Crippen LogP contribution is 2.29. The van der Waals surface area contributed by atoms with Crippen molar-refractivity contribution in [3.8, 4) is 0 Å². The molecule has 146 valence electrons. The first-order chi connectivity index (χ1) is 13.5. The number of halogens is 1. The zero-order valence-corrected chi connectivity index (χ0v) is 15.9. The van der Waals surface area contributed by atoms with Gasteiger partial charge in [-0.2, -0.15) is 0 Å². The Morgan fingerprint density at radius 1 is 1.00 bits per heavy atom. The highest BCUT2D eigenvalue weighted by Gasteiger charge is 2.39. The normalized spacial score (nSPS) is 23.3. The molecule has 2 unspecified atom stereocenters. The van der Waals surface area contributed by atoms with Gasteiger partial charge < -0.3 is 9.80 Å². The molecule has 2 amide bonds. The first-order valence-corrected chi connectivity index (χ1v) is 9.63. The fourth-order valence-corrected chi connectivity index (χ4v) is 4.11. The Kier molecular flexibility index (Phi) is 5.13. The number of likely N-dealkylation sites (N-methyl/N-ethyl adjacent to an activating group) is 1. The third-order valence-corrected chi connectivity index (χ3v) is 5.76. The van der Waals surface area contributed by atoms with Gasteiger partial charge in [0, 0.05) is 38.3 Å². The van der Waals surface area contributed by atoms with E-state index in [0.717, 1.165) is 17.8 Å². The lowest BCUT2D eigenvalue weighted by molar-refractivity contribution is -0.138. The van der Waals surface area contributed by atoms with E-state index in [-0.39, 0.29) is 36.0 Å². The van der Waals surface area contributed by atoms with Crippen LogP contribution in [0.3, 0.4) is 0 Å². The minimum absolute atomic E-state index is 0.00578. The molecule has 6 heteroatoms. The van der Waals surface area contributed by atoms with Crippen molar-refractivity contribution in [1.82, 2.24) is 9.80 Å². The number of hydrogen-bond donors (Lipinski definition) is 0. The van der Waals surface area contributed by atoms with Crippen LogP contribution in [0.2, 0.25) is 0 Å². The number of carbonyl (C=O) groups excluding carboxylic acids is 2. The van der Waals surface area contributed by atoms with Crippen LogP contribution < -0.4 is 4.90 Å².